The van der Waals surface area contributed by atoms with E-state index in [-0.39, 0.29) is 6.04 Å². The van der Waals surface area contributed by atoms with E-state index >= 15 is 0 Å². The van der Waals surface area contributed by atoms with Crippen LogP contribution in [0, 0.1) is 65.1 Å². The zero-order chi connectivity index (χ0) is 52.1. The fraction of sp³-hybridized carbons (Fsp3) is 1.00. The smallest absolute Gasteiger partial charge is 0.294 e. The molecule has 0 aromatic carbocycles. The van der Waals surface area contributed by atoms with Crippen LogP contribution in [-0.2, 0) is 0 Å². The summed E-state index contributed by atoms with van der Waals surface area (Å²) < 4.78 is 129. The lowest BCUT2D eigenvalue weighted by Crippen LogP contribution is -2.53. The molecule has 3 nitrogen and oxygen atoms in total. The molecule has 0 radical (unpaired) electrons. The maximum absolute atomic E-state index is 14.4. The highest BCUT2D eigenvalue weighted by Crippen LogP contribution is 2.61. The minimum Gasteiger partial charge on any atom is -0.294 e. The van der Waals surface area contributed by atoms with Gasteiger partial charge in [-0.05, 0) is 227 Å². The average molecular weight is 1070 g/mol. The predicted molar refractivity (Wildman–Crippen MR) is 281 cm³/mol. The zero-order valence-corrected chi connectivity index (χ0v) is 46.1. The summed E-state index contributed by atoms with van der Waals surface area (Å²) in [6.45, 7) is 0. The molecule has 1 saturated heterocycles. The van der Waals surface area contributed by atoms with Gasteiger partial charge in [-0.15, -0.1) is 0 Å². The number of hydrogen-bond donors (Lipinski definition) is 0. The first-order chi connectivity index (χ1) is 36.1. The highest BCUT2D eigenvalue weighted by Gasteiger charge is 2.67. The summed E-state index contributed by atoms with van der Waals surface area (Å²) in [6.07, 6.45) is 31.0. The normalized spacial score (nSPS) is 42.4. The fourth-order valence-corrected chi connectivity index (χ4v) is 21.5. The molecule has 0 aromatic rings. The van der Waals surface area contributed by atoms with Crippen molar-refractivity contribution in [2.75, 3.05) is 0 Å². The van der Waals surface area contributed by atoms with E-state index in [0.717, 1.165) is 72.8 Å². The molecule has 8 unspecified atom stereocenters. The van der Waals surface area contributed by atoms with Crippen LogP contribution in [0.5, 0.6) is 0 Å². The van der Waals surface area contributed by atoms with Crippen molar-refractivity contribution in [2.24, 2.45) is 65.1 Å². The summed E-state index contributed by atoms with van der Waals surface area (Å²) in [4.78, 5) is 9.17. The molecule has 0 N–H and O–H groups in total. The van der Waals surface area contributed by atoms with E-state index in [1.165, 1.54) is 218 Å². The minimum absolute atomic E-state index is 0.252. The Morgan fingerprint density at radius 3 is 0.880 bits per heavy atom. The van der Waals surface area contributed by atoms with Crippen LogP contribution in [0.1, 0.15) is 257 Å². The van der Waals surface area contributed by atoms with Crippen molar-refractivity contribution in [3.8, 4) is 0 Å². The Labute approximate surface area is 447 Å². The van der Waals surface area contributed by atoms with Crippen LogP contribution in [0.4, 0.5) is 39.5 Å². The second-order valence-electron chi connectivity index (χ2n) is 28.4. The third kappa shape index (κ3) is 12.4. The lowest BCUT2D eigenvalue weighted by molar-refractivity contribution is -0.318. The van der Waals surface area contributed by atoms with Crippen LogP contribution in [0.3, 0.4) is 0 Å². The molecule has 11 rings (SSSR count). The molecule has 0 aromatic heterocycles. The van der Waals surface area contributed by atoms with Gasteiger partial charge in [-0.25, -0.2) is 0 Å². The minimum atomic E-state index is -5.57. The van der Waals surface area contributed by atoms with Crippen LogP contribution in [-0.4, -0.2) is 87.6 Å². The summed E-state index contributed by atoms with van der Waals surface area (Å²) in [5.41, 5.74) is 0. The molecule has 8 atom stereocenters. The Hall–Kier alpha value is -0.750. The summed E-state index contributed by atoms with van der Waals surface area (Å²) in [6, 6.07) is 5.87. The standard InChI is InChI=1S/C63H100F9N3/c64-61(65,66)56-39-46(40-57(62(67,68)69)60(56)63(70,71)72)43-25-33-53(34-26-43)75-58-35-27-44(41-21-29-51(30-22-41)73(47-13-5-1-6-14-47)48-15-7-2-8-16-48)37-54(58)55-38-45(28-36-59(55)75)42-23-31-52(32-24-42)74(49-17-9-3-10-18-49)50-19-11-4-12-20-50/h41-60H,1-40H2. The van der Waals surface area contributed by atoms with Crippen LogP contribution in [0.2, 0.25) is 0 Å². The molecule has 10 aliphatic carbocycles. The van der Waals surface area contributed by atoms with Crippen LogP contribution in [0.15, 0.2) is 0 Å². The third-order valence-electron chi connectivity index (χ3n) is 24.8. The molecule has 1 aliphatic heterocycles. The van der Waals surface area contributed by atoms with Gasteiger partial charge in [0.1, 0.15) is 0 Å². The highest BCUT2D eigenvalue weighted by molar-refractivity contribution is 5.09. The van der Waals surface area contributed by atoms with E-state index in [4.69, 9.17) is 0 Å². The number of hydrogen-bond acceptors (Lipinski definition) is 3. The summed E-state index contributed by atoms with van der Waals surface area (Å²) >= 11 is 0. The number of fused-ring (bicyclic) bond motifs is 3. The zero-order valence-electron chi connectivity index (χ0n) is 46.1. The van der Waals surface area contributed by atoms with Crippen molar-refractivity contribution in [3.05, 3.63) is 0 Å². The van der Waals surface area contributed by atoms with Gasteiger partial charge in [0, 0.05) is 54.4 Å². The Morgan fingerprint density at radius 2 is 0.560 bits per heavy atom. The Balaban J connectivity index is 0.778. The van der Waals surface area contributed by atoms with Crippen LogP contribution < -0.4 is 0 Å². The Morgan fingerprint density at radius 1 is 0.267 bits per heavy atom. The van der Waals surface area contributed by atoms with Gasteiger partial charge in [0.2, 0.25) is 0 Å². The van der Waals surface area contributed by atoms with Gasteiger partial charge in [0.25, 0.3) is 0 Å². The van der Waals surface area contributed by atoms with Crippen molar-refractivity contribution in [1.82, 2.24) is 14.7 Å². The van der Waals surface area contributed by atoms with Crippen molar-refractivity contribution in [1.29, 1.82) is 0 Å². The molecular formula is C63H100F9N3. The first-order valence-corrected chi connectivity index (χ1v) is 32.6. The molecule has 0 spiro atoms. The van der Waals surface area contributed by atoms with Gasteiger partial charge in [-0.3, -0.25) is 14.7 Å². The summed E-state index contributed by atoms with van der Waals surface area (Å²) in [5, 5.41) is 0. The first kappa shape index (κ1) is 56.1. The number of alkyl halides is 9. The van der Waals surface area contributed by atoms with Crippen LogP contribution >= 0.6 is 0 Å². The monoisotopic (exact) mass is 1070 g/mol. The van der Waals surface area contributed by atoms with Gasteiger partial charge in [-0.2, -0.15) is 39.5 Å². The fourth-order valence-electron chi connectivity index (χ4n) is 21.5. The maximum Gasteiger partial charge on any atom is 0.393 e. The number of halogens is 9. The van der Waals surface area contributed by atoms with Crippen molar-refractivity contribution >= 4 is 0 Å². The lowest BCUT2D eigenvalue weighted by Gasteiger charge is -2.50. The molecule has 430 valence electrons. The molecule has 0 amide bonds. The molecule has 75 heavy (non-hydrogen) atoms. The van der Waals surface area contributed by atoms with Gasteiger partial charge < -0.3 is 0 Å². The quantitative estimate of drug-likeness (QED) is 0.202. The summed E-state index contributed by atoms with van der Waals surface area (Å²) in [5.74, 6) is -6.47. The van der Waals surface area contributed by atoms with Gasteiger partial charge in [0.15, 0.2) is 0 Å². The van der Waals surface area contributed by atoms with E-state index in [1.807, 2.05) is 0 Å². The number of rotatable bonds is 10. The topological polar surface area (TPSA) is 9.72 Å². The van der Waals surface area contributed by atoms with E-state index in [9.17, 15) is 39.5 Å². The molecule has 11 aliphatic rings. The van der Waals surface area contributed by atoms with E-state index in [2.05, 4.69) is 14.7 Å². The summed E-state index contributed by atoms with van der Waals surface area (Å²) in [7, 11) is 0. The molecule has 10 saturated carbocycles. The van der Waals surface area contributed by atoms with Crippen LogP contribution in [0.25, 0.3) is 0 Å². The average Bonchev–Trinajstić information content (AvgIpc) is 3.75. The van der Waals surface area contributed by atoms with Crippen molar-refractivity contribution in [2.45, 2.75) is 330 Å². The van der Waals surface area contributed by atoms with Gasteiger partial charge in [-0.1, -0.05) is 77.0 Å². The van der Waals surface area contributed by atoms with Crippen molar-refractivity contribution < 1.29 is 39.5 Å². The second-order valence-corrected chi connectivity index (χ2v) is 28.4. The number of nitrogens with zero attached hydrogens (tertiary/aromatic N) is 3. The molecule has 1 heterocycles. The molecule has 11 fully saturated rings. The lowest BCUT2D eigenvalue weighted by atomic mass is 9.61. The largest absolute Gasteiger partial charge is 0.393 e. The Kier molecular flexibility index (Phi) is 18.0. The third-order valence-corrected chi connectivity index (χ3v) is 24.8. The molecular weight excluding hydrogens is 970 g/mol. The van der Waals surface area contributed by atoms with E-state index < -0.39 is 61.0 Å². The molecule has 0 bridgehead atoms. The number of likely N-dealkylation sites (tertiary alicyclic amines) is 1. The predicted octanol–water partition coefficient (Wildman–Crippen LogP) is 18.4. The highest BCUT2D eigenvalue weighted by atomic mass is 19.4. The van der Waals surface area contributed by atoms with Gasteiger partial charge >= 0.3 is 18.5 Å². The van der Waals surface area contributed by atoms with E-state index in [1.54, 1.807) is 0 Å². The SMILES string of the molecule is FC(F)(F)C1CC(C2CCC(N3C4CCC(C5CCC(N(C6CCCCC6)C6CCCCC6)CC5)CC4C4CC(C5CCC(N(C6CCCCC6)C6CCCCC6)CC5)CCC43)CC2)CC(C(F)(F)F)C1C(F)(F)F. The molecule has 12 heteroatoms. The first-order valence-electron chi connectivity index (χ1n) is 32.6. The Bertz CT molecular complexity index is 1610. The maximum atomic E-state index is 14.4. The van der Waals surface area contributed by atoms with Crippen molar-refractivity contribution in [3.63, 3.8) is 0 Å². The van der Waals surface area contributed by atoms with E-state index in [0.29, 0.717) is 36.8 Å². The van der Waals surface area contributed by atoms with Gasteiger partial charge in [0.05, 0.1) is 17.8 Å². The second kappa shape index (κ2) is 24.0.